The lowest BCUT2D eigenvalue weighted by molar-refractivity contribution is -0.138. The predicted molar refractivity (Wildman–Crippen MR) is 130 cm³/mol. The molecule has 1 N–H and O–H groups in total. The Balaban J connectivity index is 1.47. The first-order valence-corrected chi connectivity index (χ1v) is 13.3. The number of sulfonamides is 1. The zero-order valence-corrected chi connectivity index (χ0v) is 21.1. The van der Waals surface area contributed by atoms with E-state index in [0.29, 0.717) is 12.8 Å². The third-order valence-corrected chi connectivity index (χ3v) is 8.27. The number of amides is 2. The van der Waals surface area contributed by atoms with Gasteiger partial charge in [-0.2, -0.15) is 4.31 Å². The van der Waals surface area contributed by atoms with Crippen molar-refractivity contribution in [1.29, 1.82) is 0 Å². The molecule has 2 aromatic rings. The number of carbonyl (C=O) groups excluding carboxylic acids is 3. The van der Waals surface area contributed by atoms with Crippen LogP contribution >= 0.6 is 0 Å². The van der Waals surface area contributed by atoms with Gasteiger partial charge in [0.2, 0.25) is 15.9 Å². The summed E-state index contributed by atoms with van der Waals surface area (Å²) in [6.07, 6.45) is 2.66. The van der Waals surface area contributed by atoms with E-state index in [-0.39, 0.29) is 36.3 Å². The molecular weight excluding hydrogens is 484 g/mol. The summed E-state index contributed by atoms with van der Waals surface area (Å²) < 4.78 is 32.8. The Hall–Kier alpha value is -3.31. The van der Waals surface area contributed by atoms with Gasteiger partial charge in [0.05, 0.1) is 12.6 Å². The highest BCUT2D eigenvalue weighted by molar-refractivity contribution is 7.89. The quantitative estimate of drug-likeness (QED) is 0.571. The van der Waals surface area contributed by atoms with Crippen molar-refractivity contribution in [2.24, 2.45) is 5.92 Å². The van der Waals surface area contributed by atoms with E-state index >= 15 is 0 Å². The molecule has 0 spiro atoms. The van der Waals surface area contributed by atoms with Gasteiger partial charge in [0.1, 0.15) is 23.6 Å². The molecule has 3 heterocycles. The van der Waals surface area contributed by atoms with Crippen LogP contribution in [0.4, 0.5) is 4.79 Å². The van der Waals surface area contributed by atoms with Crippen molar-refractivity contribution in [2.75, 3.05) is 13.1 Å². The second-order valence-electron chi connectivity index (χ2n) is 9.43. The number of nitrogens with one attached hydrogen (secondary N) is 1. The summed E-state index contributed by atoms with van der Waals surface area (Å²) in [7, 11) is -3.94. The van der Waals surface area contributed by atoms with Crippen molar-refractivity contribution in [3.63, 3.8) is 0 Å². The van der Waals surface area contributed by atoms with Crippen LogP contribution in [-0.2, 0) is 31.0 Å². The molecule has 2 fully saturated rings. The van der Waals surface area contributed by atoms with Gasteiger partial charge in [-0.25, -0.2) is 13.2 Å². The van der Waals surface area contributed by atoms with Gasteiger partial charge in [0.25, 0.3) is 0 Å². The van der Waals surface area contributed by atoms with E-state index in [2.05, 4.69) is 10.3 Å². The number of alkyl carbamates (subject to hydrolysis) is 1. The average Bonchev–Trinajstić information content (AvgIpc) is 3.44. The molecule has 3 unspecified atom stereocenters. The number of hydrogen-bond donors (Lipinski definition) is 1. The maximum absolute atomic E-state index is 13.5. The maximum atomic E-state index is 13.5. The van der Waals surface area contributed by atoms with E-state index < -0.39 is 40.1 Å². The number of nitrogens with zero attached hydrogens (tertiary/aromatic N) is 3. The summed E-state index contributed by atoms with van der Waals surface area (Å²) in [6.45, 7) is 3.81. The van der Waals surface area contributed by atoms with Gasteiger partial charge >= 0.3 is 6.09 Å². The van der Waals surface area contributed by atoms with Crippen molar-refractivity contribution < 1.29 is 27.5 Å². The molecule has 0 radical (unpaired) electrons. The lowest BCUT2D eigenvalue weighted by atomic mass is 10.0. The van der Waals surface area contributed by atoms with Gasteiger partial charge in [-0.15, -0.1) is 0 Å². The normalized spacial score (nSPS) is 20.9. The summed E-state index contributed by atoms with van der Waals surface area (Å²) in [5.41, 5.74) is 0.813. The van der Waals surface area contributed by atoms with Crippen LogP contribution in [0.15, 0.2) is 59.8 Å². The monoisotopic (exact) mass is 514 g/mol. The first-order chi connectivity index (χ1) is 17.2. The van der Waals surface area contributed by atoms with Crippen molar-refractivity contribution in [3.8, 4) is 0 Å². The number of pyridine rings is 1. The number of fused-ring (bicyclic) bond motifs is 1. The molecule has 2 saturated heterocycles. The Morgan fingerprint density at radius 1 is 1.17 bits per heavy atom. The Morgan fingerprint density at radius 3 is 2.58 bits per heavy atom. The molecule has 1 aromatic heterocycles. The molecular formula is C25H30N4O6S. The van der Waals surface area contributed by atoms with Crippen molar-refractivity contribution in [1.82, 2.24) is 19.5 Å². The number of ketones is 1. The molecule has 0 aliphatic carbocycles. The van der Waals surface area contributed by atoms with Crippen LogP contribution in [0.5, 0.6) is 0 Å². The van der Waals surface area contributed by atoms with Gasteiger partial charge in [-0.05, 0) is 36.5 Å². The zero-order valence-electron chi connectivity index (χ0n) is 20.2. The molecule has 3 atom stereocenters. The molecule has 4 rings (SSSR count). The number of hydrogen-bond acceptors (Lipinski definition) is 7. The second-order valence-corrected chi connectivity index (χ2v) is 11.3. The van der Waals surface area contributed by atoms with E-state index in [9.17, 15) is 22.8 Å². The SMILES string of the molecule is CC(C)CC(NC(=O)OCc1ccccc1)C(=O)N1CCC2C1C(=O)CN2S(=O)(=O)c1cccnc1. The van der Waals surface area contributed by atoms with E-state index in [1.54, 1.807) is 0 Å². The van der Waals surface area contributed by atoms with Crippen LogP contribution in [-0.4, -0.2) is 71.6 Å². The van der Waals surface area contributed by atoms with Crippen LogP contribution < -0.4 is 5.32 Å². The lowest BCUT2D eigenvalue weighted by Gasteiger charge is -2.28. The first kappa shape index (κ1) is 25.8. The topological polar surface area (TPSA) is 126 Å². The summed E-state index contributed by atoms with van der Waals surface area (Å²) in [6, 6.07) is 9.69. The molecule has 36 heavy (non-hydrogen) atoms. The third kappa shape index (κ3) is 5.41. The molecule has 2 amide bonds. The first-order valence-electron chi connectivity index (χ1n) is 11.9. The Labute approximate surface area is 210 Å². The highest BCUT2D eigenvalue weighted by atomic mass is 32.2. The molecule has 10 nitrogen and oxygen atoms in total. The molecule has 2 aliphatic rings. The van der Waals surface area contributed by atoms with E-state index in [0.717, 1.165) is 5.56 Å². The number of Topliss-reactive ketones (excluding diaryl/α,β-unsaturated/α-hetero) is 1. The number of rotatable bonds is 8. The molecule has 192 valence electrons. The van der Waals surface area contributed by atoms with Gasteiger partial charge in [-0.3, -0.25) is 14.6 Å². The van der Waals surface area contributed by atoms with Gasteiger partial charge in [-0.1, -0.05) is 44.2 Å². The summed E-state index contributed by atoms with van der Waals surface area (Å²) in [5.74, 6) is -0.677. The fourth-order valence-electron chi connectivity index (χ4n) is 4.78. The fraction of sp³-hybridized carbons (Fsp3) is 0.440. The van der Waals surface area contributed by atoms with E-state index in [1.165, 1.54) is 33.7 Å². The van der Waals surface area contributed by atoms with Gasteiger partial charge in [0, 0.05) is 18.9 Å². The third-order valence-electron chi connectivity index (χ3n) is 6.41. The van der Waals surface area contributed by atoms with Crippen LogP contribution in [0.3, 0.4) is 0 Å². The number of benzene rings is 1. The molecule has 1 aromatic carbocycles. The number of aromatic nitrogens is 1. The van der Waals surface area contributed by atoms with Gasteiger partial charge < -0.3 is 15.0 Å². The largest absolute Gasteiger partial charge is 0.445 e. The molecule has 0 bridgehead atoms. The van der Waals surface area contributed by atoms with Crippen LogP contribution in [0.1, 0.15) is 32.3 Å². The van der Waals surface area contributed by atoms with Crippen molar-refractivity contribution >= 4 is 27.8 Å². The van der Waals surface area contributed by atoms with E-state index in [4.69, 9.17) is 4.74 Å². The Bertz CT molecular complexity index is 1210. The van der Waals surface area contributed by atoms with Crippen molar-refractivity contribution in [3.05, 3.63) is 60.4 Å². The van der Waals surface area contributed by atoms with Crippen molar-refractivity contribution in [2.45, 2.75) is 56.3 Å². The summed E-state index contributed by atoms with van der Waals surface area (Å²) in [5, 5.41) is 2.65. The molecule has 2 aliphatic heterocycles. The Morgan fingerprint density at radius 2 is 1.92 bits per heavy atom. The standard InChI is InChI=1S/C25H30N4O6S/c1-17(2)13-20(27-25(32)35-16-18-7-4-3-5-8-18)24(31)28-12-10-21-23(28)22(30)15-29(21)36(33,34)19-9-6-11-26-14-19/h3-9,11,14,17,20-21,23H,10,12-13,15-16H2,1-2H3,(H,27,32). The minimum Gasteiger partial charge on any atom is -0.445 e. The predicted octanol–water partition coefficient (Wildman–Crippen LogP) is 1.97. The number of ether oxygens (including phenoxy) is 1. The lowest BCUT2D eigenvalue weighted by Crippen LogP contribution is -2.53. The second kappa shape index (κ2) is 10.8. The minimum atomic E-state index is -3.94. The number of carbonyl (C=O) groups is 3. The highest BCUT2D eigenvalue weighted by Gasteiger charge is 2.54. The smallest absolute Gasteiger partial charge is 0.408 e. The maximum Gasteiger partial charge on any atom is 0.408 e. The minimum absolute atomic E-state index is 0.00346. The Kier molecular flexibility index (Phi) is 7.70. The van der Waals surface area contributed by atoms with Crippen LogP contribution in [0.25, 0.3) is 0 Å². The molecule has 11 heteroatoms. The number of likely N-dealkylation sites (tertiary alicyclic amines) is 1. The zero-order chi connectivity index (χ0) is 25.9. The van der Waals surface area contributed by atoms with Gasteiger partial charge in [0.15, 0.2) is 5.78 Å². The summed E-state index contributed by atoms with van der Waals surface area (Å²) >= 11 is 0. The van der Waals surface area contributed by atoms with Crippen LogP contribution in [0.2, 0.25) is 0 Å². The fourth-order valence-corrected chi connectivity index (χ4v) is 6.37. The average molecular weight is 515 g/mol. The van der Waals surface area contributed by atoms with E-state index in [1.807, 2.05) is 44.2 Å². The highest BCUT2D eigenvalue weighted by Crippen LogP contribution is 2.34. The molecule has 0 saturated carbocycles. The van der Waals surface area contributed by atoms with Crippen LogP contribution in [0, 0.1) is 5.92 Å². The summed E-state index contributed by atoms with van der Waals surface area (Å²) in [4.78, 5) is 44.3.